The fraction of sp³-hybridized carbons (Fsp3) is 0.842. The van der Waals surface area contributed by atoms with Gasteiger partial charge in [-0.2, -0.15) is 5.10 Å². The van der Waals surface area contributed by atoms with Crippen molar-refractivity contribution in [2.45, 2.75) is 54.7 Å². The van der Waals surface area contributed by atoms with Gasteiger partial charge in [-0.3, -0.25) is 9.58 Å². The van der Waals surface area contributed by atoms with Crippen molar-refractivity contribution >= 4 is 11.9 Å². The Balaban J connectivity index is 1.27. The third-order valence-electron chi connectivity index (χ3n) is 6.17. The maximum atomic E-state index is 6.33. The fourth-order valence-corrected chi connectivity index (χ4v) is 5.08. The van der Waals surface area contributed by atoms with Crippen LogP contribution in [0, 0.1) is 0 Å². The lowest BCUT2D eigenvalue weighted by atomic mass is 9.88. The van der Waals surface area contributed by atoms with Gasteiger partial charge in [0.1, 0.15) is 5.03 Å². The van der Waals surface area contributed by atoms with E-state index >= 15 is 0 Å². The number of hydrogen-bond acceptors (Lipinski definition) is 6. The summed E-state index contributed by atoms with van der Waals surface area (Å²) < 4.78 is 16.1. The molecule has 1 unspecified atom stereocenters. The maximum Gasteiger partial charge on any atom is 0.109 e. The van der Waals surface area contributed by atoms with Crippen molar-refractivity contribution in [2.24, 2.45) is 7.05 Å². The third-order valence-corrected chi connectivity index (χ3v) is 7.36. The summed E-state index contributed by atoms with van der Waals surface area (Å²) in [6.07, 6.45) is 6.03. The second kappa shape index (κ2) is 7.80. The standard InChI is InChI=1S/C19H32N4O2S/c1-21(10-11-24-3)16-13-19(25-14-16)6-8-23(9-7-19)26-18-12-17(15-4-5-15)20-22(18)2/h12,15-16H,4-11,13-14H2,1-3H3. The minimum Gasteiger partial charge on any atom is -0.383 e. The Labute approximate surface area is 161 Å². The molecular formula is C19H32N4O2S. The number of piperidine rings is 1. The van der Waals surface area contributed by atoms with Crippen LogP contribution in [-0.2, 0) is 16.5 Å². The molecule has 2 saturated heterocycles. The third kappa shape index (κ3) is 4.12. The number of likely N-dealkylation sites (N-methyl/N-ethyl adjacent to an activating group) is 1. The SMILES string of the molecule is COCCN(C)C1COC2(CCN(Sc3cc(C4CC4)nn3C)CC2)C1. The number of rotatable bonds is 7. The van der Waals surface area contributed by atoms with Gasteiger partial charge in [0.2, 0.25) is 0 Å². The lowest BCUT2D eigenvalue weighted by molar-refractivity contribution is -0.0305. The zero-order chi connectivity index (χ0) is 18.1. The van der Waals surface area contributed by atoms with Crippen LogP contribution in [0.5, 0.6) is 0 Å². The first-order valence-electron chi connectivity index (χ1n) is 9.88. The number of methoxy groups -OCH3 is 1. The van der Waals surface area contributed by atoms with E-state index in [4.69, 9.17) is 14.6 Å². The molecule has 1 aliphatic carbocycles. The van der Waals surface area contributed by atoms with Crippen molar-refractivity contribution in [3.63, 3.8) is 0 Å². The van der Waals surface area contributed by atoms with Crippen LogP contribution in [0.4, 0.5) is 0 Å². The van der Waals surface area contributed by atoms with Gasteiger partial charge in [-0.05, 0) is 57.2 Å². The van der Waals surface area contributed by atoms with Crippen LogP contribution < -0.4 is 0 Å². The highest BCUT2D eigenvalue weighted by Gasteiger charge is 2.44. The summed E-state index contributed by atoms with van der Waals surface area (Å²) in [6, 6.07) is 2.82. The molecule has 0 bridgehead atoms. The molecular weight excluding hydrogens is 348 g/mol. The molecule has 3 fully saturated rings. The molecule has 0 aromatic carbocycles. The highest BCUT2D eigenvalue weighted by Crippen LogP contribution is 2.42. The number of ether oxygens (including phenoxy) is 2. The number of aryl methyl sites for hydroxylation is 1. The molecule has 6 nitrogen and oxygen atoms in total. The molecule has 1 aromatic heterocycles. The molecule has 1 aromatic rings. The molecule has 2 aliphatic heterocycles. The Hall–Kier alpha value is -0.600. The van der Waals surface area contributed by atoms with Gasteiger partial charge in [-0.15, -0.1) is 0 Å². The van der Waals surface area contributed by atoms with Gasteiger partial charge in [0.15, 0.2) is 0 Å². The number of aromatic nitrogens is 2. The summed E-state index contributed by atoms with van der Waals surface area (Å²) in [5, 5.41) is 5.96. The minimum atomic E-state index is 0.0920. The van der Waals surface area contributed by atoms with Crippen LogP contribution in [0.2, 0.25) is 0 Å². The molecule has 4 rings (SSSR count). The first-order chi connectivity index (χ1) is 12.6. The van der Waals surface area contributed by atoms with E-state index in [0.29, 0.717) is 6.04 Å². The molecule has 1 spiro atoms. The van der Waals surface area contributed by atoms with Gasteiger partial charge in [0, 0.05) is 45.8 Å². The Kier molecular flexibility index (Phi) is 5.62. The smallest absolute Gasteiger partial charge is 0.109 e. The van der Waals surface area contributed by atoms with Crippen molar-refractivity contribution in [3.05, 3.63) is 11.8 Å². The topological polar surface area (TPSA) is 42.8 Å². The number of nitrogens with zero attached hydrogens (tertiary/aromatic N) is 4. The molecule has 26 heavy (non-hydrogen) atoms. The van der Waals surface area contributed by atoms with Crippen LogP contribution in [0.3, 0.4) is 0 Å². The van der Waals surface area contributed by atoms with E-state index in [0.717, 1.165) is 58.0 Å². The van der Waals surface area contributed by atoms with Gasteiger partial charge in [0.05, 0.1) is 24.5 Å². The zero-order valence-electron chi connectivity index (χ0n) is 16.3. The molecule has 1 atom stereocenters. The highest BCUT2D eigenvalue weighted by molar-refractivity contribution is 7.97. The van der Waals surface area contributed by atoms with Crippen LogP contribution in [0.25, 0.3) is 0 Å². The summed E-state index contributed by atoms with van der Waals surface area (Å²) in [5.41, 5.74) is 1.37. The van der Waals surface area contributed by atoms with Crippen LogP contribution in [0.15, 0.2) is 11.1 Å². The zero-order valence-corrected chi connectivity index (χ0v) is 17.1. The average molecular weight is 381 g/mol. The van der Waals surface area contributed by atoms with Crippen molar-refractivity contribution in [1.82, 2.24) is 19.0 Å². The summed E-state index contributed by atoms with van der Waals surface area (Å²) in [5.74, 6) is 0.721. The van der Waals surface area contributed by atoms with Gasteiger partial charge in [-0.1, -0.05) is 0 Å². The van der Waals surface area contributed by atoms with E-state index in [2.05, 4.69) is 34.0 Å². The molecule has 146 valence electrons. The predicted molar refractivity (Wildman–Crippen MR) is 103 cm³/mol. The van der Waals surface area contributed by atoms with E-state index in [1.54, 1.807) is 7.11 Å². The molecule has 3 heterocycles. The molecule has 0 radical (unpaired) electrons. The molecule has 0 N–H and O–H groups in total. The largest absolute Gasteiger partial charge is 0.383 e. The second-order valence-electron chi connectivity index (χ2n) is 8.15. The predicted octanol–water partition coefficient (Wildman–Crippen LogP) is 2.51. The molecule has 3 aliphatic rings. The Morgan fingerprint density at radius 2 is 2.15 bits per heavy atom. The van der Waals surface area contributed by atoms with Crippen molar-refractivity contribution in [2.75, 3.05) is 47.0 Å². The van der Waals surface area contributed by atoms with E-state index in [1.165, 1.54) is 23.6 Å². The van der Waals surface area contributed by atoms with Crippen LogP contribution >= 0.6 is 11.9 Å². The second-order valence-corrected chi connectivity index (χ2v) is 9.27. The van der Waals surface area contributed by atoms with Gasteiger partial charge >= 0.3 is 0 Å². The van der Waals surface area contributed by atoms with Crippen molar-refractivity contribution in [1.29, 1.82) is 0 Å². The van der Waals surface area contributed by atoms with E-state index < -0.39 is 0 Å². The number of hydrogen-bond donors (Lipinski definition) is 0. The van der Waals surface area contributed by atoms with Crippen molar-refractivity contribution < 1.29 is 9.47 Å². The highest BCUT2D eigenvalue weighted by atomic mass is 32.2. The van der Waals surface area contributed by atoms with E-state index in [9.17, 15) is 0 Å². The Morgan fingerprint density at radius 1 is 1.38 bits per heavy atom. The maximum absolute atomic E-state index is 6.33. The summed E-state index contributed by atoms with van der Waals surface area (Å²) >= 11 is 1.87. The molecule has 0 amide bonds. The normalized spacial score (nSPS) is 26.2. The fourth-order valence-electron chi connectivity index (χ4n) is 4.12. The first kappa shape index (κ1) is 18.7. The average Bonchev–Trinajstić information content (AvgIpc) is 3.32. The Bertz CT molecular complexity index is 611. The molecule has 7 heteroatoms. The van der Waals surface area contributed by atoms with E-state index in [1.807, 2.05) is 11.9 Å². The van der Waals surface area contributed by atoms with Gasteiger partial charge in [0.25, 0.3) is 0 Å². The van der Waals surface area contributed by atoms with Gasteiger partial charge in [-0.25, -0.2) is 4.31 Å². The van der Waals surface area contributed by atoms with Crippen molar-refractivity contribution in [3.8, 4) is 0 Å². The summed E-state index contributed by atoms with van der Waals surface area (Å²) in [7, 11) is 6.03. The lowest BCUT2D eigenvalue weighted by Crippen LogP contribution is -2.42. The Morgan fingerprint density at radius 3 is 2.85 bits per heavy atom. The van der Waals surface area contributed by atoms with Crippen LogP contribution in [0.1, 0.15) is 43.7 Å². The lowest BCUT2D eigenvalue weighted by Gasteiger charge is -2.38. The first-order valence-corrected chi connectivity index (χ1v) is 10.7. The monoisotopic (exact) mass is 380 g/mol. The van der Waals surface area contributed by atoms with Crippen LogP contribution in [-0.4, -0.2) is 77.6 Å². The molecule has 1 saturated carbocycles. The summed E-state index contributed by atoms with van der Waals surface area (Å²) in [4.78, 5) is 2.40. The van der Waals surface area contributed by atoms with Gasteiger partial charge < -0.3 is 9.47 Å². The summed E-state index contributed by atoms with van der Waals surface area (Å²) in [6.45, 7) is 4.80. The minimum absolute atomic E-state index is 0.0920. The quantitative estimate of drug-likeness (QED) is 0.677. The van der Waals surface area contributed by atoms with E-state index in [-0.39, 0.29) is 5.60 Å².